The molecule has 6 heteroatoms. The molecule has 0 fully saturated rings. The van der Waals surface area contributed by atoms with Gasteiger partial charge in [-0.1, -0.05) is 340 Å². The molecular formula is C73H138O6. The van der Waals surface area contributed by atoms with Crippen molar-refractivity contribution in [1.82, 2.24) is 0 Å². The zero-order valence-electron chi connectivity index (χ0n) is 53.7. The van der Waals surface area contributed by atoms with Crippen molar-refractivity contribution in [1.29, 1.82) is 0 Å². The number of hydrogen-bond donors (Lipinski definition) is 0. The highest BCUT2D eigenvalue weighted by atomic mass is 16.6. The van der Waals surface area contributed by atoms with Gasteiger partial charge in [0.1, 0.15) is 13.2 Å². The number of unbranched alkanes of at least 4 members (excludes halogenated alkanes) is 52. The van der Waals surface area contributed by atoms with Crippen LogP contribution in [0.1, 0.15) is 406 Å². The Morgan fingerprint density at radius 1 is 0.241 bits per heavy atom. The minimum Gasteiger partial charge on any atom is -0.462 e. The van der Waals surface area contributed by atoms with Gasteiger partial charge in [-0.15, -0.1) is 0 Å². The molecule has 0 aromatic carbocycles. The molecule has 0 spiro atoms. The molecule has 0 aliphatic carbocycles. The maximum absolute atomic E-state index is 12.9. The maximum Gasteiger partial charge on any atom is 0.306 e. The van der Waals surface area contributed by atoms with Crippen LogP contribution < -0.4 is 0 Å². The average molecular weight is 1110 g/mol. The Morgan fingerprint density at radius 3 is 0.633 bits per heavy atom. The second kappa shape index (κ2) is 68.4. The molecule has 79 heavy (non-hydrogen) atoms. The molecule has 0 aromatic rings. The third-order valence-corrected chi connectivity index (χ3v) is 16.4. The van der Waals surface area contributed by atoms with Crippen molar-refractivity contribution in [3.8, 4) is 0 Å². The van der Waals surface area contributed by atoms with Crippen molar-refractivity contribution in [3.63, 3.8) is 0 Å². The third-order valence-electron chi connectivity index (χ3n) is 16.4. The lowest BCUT2D eigenvalue weighted by atomic mass is 10.0. The Morgan fingerprint density at radius 2 is 0.418 bits per heavy atom. The van der Waals surface area contributed by atoms with E-state index < -0.39 is 6.10 Å². The topological polar surface area (TPSA) is 78.9 Å². The number of carbonyl (C=O) groups is 3. The summed E-state index contributed by atoms with van der Waals surface area (Å²) in [5, 5.41) is 0. The summed E-state index contributed by atoms with van der Waals surface area (Å²) in [4.78, 5) is 38.2. The molecule has 466 valence electrons. The summed E-state index contributed by atoms with van der Waals surface area (Å²) in [5.74, 6) is -0.849. The fourth-order valence-electron chi connectivity index (χ4n) is 11.0. The van der Waals surface area contributed by atoms with Gasteiger partial charge in [-0.25, -0.2) is 0 Å². The fourth-order valence-corrected chi connectivity index (χ4v) is 11.0. The van der Waals surface area contributed by atoms with E-state index in [4.69, 9.17) is 14.2 Å². The molecule has 0 aliphatic rings. The summed E-state index contributed by atoms with van der Waals surface area (Å²) in [7, 11) is 0. The van der Waals surface area contributed by atoms with Crippen molar-refractivity contribution in [2.45, 2.75) is 412 Å². The summed E-state index contributed by atoms with van der Waals surface area (Å²) in [6, 6.07) is 0. The number of allylic oxidation sites excluding steroid dienone is 4. The molecule has 0 saturated heterocycles. The van der Waals surface area contributed by atoms with Crippen LogP contribution in [0.5, 0.6) is 0 Å². The van der Waals surface area contributed by atoms with Crippen molar-refractivity contribution in [3.05, 3.63) is 24.3 Å². The SMILES string of the molecule is CCCCCCCCC/C=C\CCCCCCCCCC(=O)OC(COC(=O)CCCCCCCCCC)COC(=O)CCCCCCCCCCCCCCCCCCCCCCCCC/C=C\CCCCCCCCCC. The molecule has 6 nitrogen and oxygen atoms in total. The quantitative estimate of drug-likeness (QED) is 0.0261. The summed E-state index contributed by atoms with van der Waals surface area (Å²) in [5.41, 5.74) is 0. The molecule has 0 radical (unpaired) electrons. The molecule has 0 saturated carbocycles. The van der Waals surface area contributed by atoms with Crippen LogP contribution in [-0.4, -0.2) is 37.2 Å². The Hall–Kier alpha value is -2.11. The first-order chi connectivity index (χ1) is 39.0. The van der Waals surface area contributed by atoms with Crippen LogP contribution in [0.25, 0.3) is 0 Å². The Labute approximate surface area is 493 Å². The van der Waals surface area contributed by atoms with Gasteiger partial charge in [0.05, 0.1) is 0 Å². The van der Waals surface area contributed by atoms with Gasteiger partial charge >= 0.3 is 17.9 Å². The van der Waals surface area contributed by atoms with Gasteiger partial charge in [-0.05, 0) is 70.6 Å². The zero-order chi connectivity index (χ0) is 57.1. The van der Waals surface area contributed by atoms with Crippen molar-refractivity contribution in [2.75, 3.05) is 13.2 Å². The van der Waals surface area contributed by atoms with Gasteiger partial charge in [0.2, 0.25) is 0 Å². The predicted octanol–water partition coefficient (Wildman–Crippen LogP) is 24.6. The van der Waals surface area contributed by atoms with Crippen molar-refractivity contribution in [2.24, 2.45) is 0 Å². The van der Waals surface area contributed by atoms with Gasteiger partial charge in [0, 0.05) is 19.3 Å². The number of hydrogen-bond acceptors (Lipinski definition) is 6. The molecule has 0 rings (SSSR count). The van der Waals surface area contributed by atoms with Gasteiger partial charge in [0.25, 0.3) is 0 Å². The summed E-state index contributed by atoms with van der Waals surface area (Å²) in [6.45, 7) is 6.67. The summed E-state index contributed by atoms with van der Waals surface area (Å²) in [6.07, 6.45) is 83.9. The summed E-state index contributed by atoms with van der Waals surface area (Å²) >= 11 is 0. The monoisotopic (exact) mass is 1110 g/mol. The average Bonchev–Trinajstić information content (AvgIpc) is 3.45. The zero-order valence-corrected chi connectivity index (χ0v) is 53.7. The second-order valence-electron chi connectivity index (χ2n) is 24.5. The highest BCUT2D eigenvalue weighted by molar-refractivity contribution is 5.71. The van der Waals surface area contributed by atoms with Gasteiger partial charge in [-0.3, -0.25) is 14.4 Å². The van der Waals surface area contributed by atoms with E-state index in [-0.39, 0.29) is 31.1 Å². The second-order valence-corrected chi connectivity index (χ2v) is 24.5. The Bertz CT molecular complexity index is 1270. The van der Waals surface area contributed by atoms with Crippen molar-refractivity contribution < 1.29 is 28.6 Å². The molecule has 0 aliphatic heterocycles. The van der Waals surface area contributed by atoms with E-state index in [9.17, 15) is 14.4 Å². The molecule has 0 N–H and O–H groups in total. The highest BCUT2D eigenvalue weighted by Crippen LogP contribution is 2.19. The Kier molecular flexibility index (Phi) is 66.6. The molecule has 0 aromatic heterocycles. The minimum atomic E-state index is -0.768. The van der Waals surface area contributed by atoms with Gasteiger partial charge in [0.15, 0.2) is 6.10 Å². The lowest BCUT2D eigenvalue weighted by molar-refractivity contribution is -0.167. The van der Waals surface area contributed by atoms with Crippen LogP contribution in [0, 0.1) is 0 Å². The first-order valence-electron chi connectivity index (χ1n) is 35.8. The summed E-state index contributed by atoms with van der Waals surface area (Å²) < 4.78 is 16.9. The van der Waals surface area contributed by atoms with E-state index in [1.165, 1.54) is 308 Å². The van der Waals surface area contributed by atoms with Crippen molar-refractivity contribution >= 4 is 17.9 Å². The largest absolute Gasteiger partial charge is 0.462 e. The number of ether oxygens (including phenoxy) is 3. The molecular weight excluding hydrogens is 973 g/mol. The first-order valence-corrected chi connectivity index (χ1v) is 35.8. The normalized spacial score (nSPS) is 12.1. The van der Waals surface area contributed by atoms with E-state index >= 15 is 0 Å². The van der Waals surface area contributed by atoms with E-state index in [0.717, 1.165) is 57.8 Å². The van der Waals surface area contributed by atoms with Crippen LogP contribution >= 0.6 is 0 Å². The number of carbonyl (C=O) groups excluding carboxylic acids is 3. The minimum absolute atomic E-state index is 0.0670. The van der Waals surface area contributed by atoms with Crippen LogP contribution in [0.3, 0.4) is 0 Å². The van der Waals surface area contributed by atoms with Crippen LogP contribution in [-0.2, 0) is 28.6 Å². The molecule has 0 heterocycles. The van der Waals surface area contributed by atoms with Gasteiger partial charge in [-0.2, -0.15) is 0 Å². The van der Waals surface area contributed by atoms with Crippen LogP contribution in [0.15, 0.2) is 24.3 Å². The molecule has 0 amide bonds. The lowest BCUT2D eigenvalue weighted by Crippen LogP contribution is -2.30. The third kappa shape index (κ3) is 66.6. The van der Waals surface area contributed by atoms with Crippen LogP contribution in [0.2, 0.25) is 0 Å². The first kappa shape index (κ1) is 76.9. The Balaban J connectivity index is 3.95. The predicted molar refractivity (Wildman–Crippen MR) is 344 cm³/mol. The van der Waals surface area contributed by atoms with E-state index in [1.807, 2.05) is 0 Å². The number of esters is 3. The molecule has 0 bridgehead atoms. The number of rotatable bonds is 67. The van der Waals surface area contributed by atoms with Crippen LogP contribution in [0.4, 0.5) is 0 Å². The molecule has 1 atom stereocenters. The standard InChI is InChI=1S/C73H138O6/c1-4-7-10-13-16-19-21-23-25-27-29-30-31-32-33-34-35-36-37-38-39-40-41-42-43-44-45-47-48-50-52-54-57-60-63-66-72(75)78-69-70(68-77-71(74)65-62-59-56-18-15-12-9-6-3)79-73(76)67-64-61-58-55-53-51-49-46-28-26-24-22-20-17-14-11-8-5-2/h26-29,70H,4-25,30-69H2,1-3H3/b28-26-,29-27-. The van der Waals surface area contributed by atoms with E-state index in [1.54, 1.807) is 0 Å². The van der Waals surface area contributed by atoms with Gasteiger partial charge < -0.3 is 14.2 Å². The van der Waals surface area contributed by atoms with E-state index in [2.05, 4.69) is 45.1 Å². The maximum atomic E-state index is 12.9. The lowest BCUT2D eigenvalue weighted by Gasteiger charge is -2.18. The smallest absolute Gasteiger partial charge is 0.306 e. The fraction of sp³-hybridized carbons (Fsp3) is 0.904. The highest BCUT2D eigenvalue weighted by Gasteiger charge is 2.19. The molecule has 1 unspecified atom stereocenters. The van der Waals surface area contributed by atoms with E-state index in [0.29, 0.717) is 19.3 Å².